The zero-order chi connectivity index (χ0) is 15.1. The van der Waals surface area contributed by atoms with Gasteiger partial charge in [-0.25, -0.2) is 4.98 Å². The van der Waals surface area contributed by atoms with E-state index in [0.717, 1.165) is 18.0 Å². The molecule has 0 saturated carbocycles. The van der Waals surface area contributed by atoms with E-state index in [9.17, 15) is 5.11 Å². The van der Waals surface area contributed by atoms with Crippen LogP contribution in [-0.2, 0) is 20.0 Å². The molecule has 1 unspecified atom stereocenters. The predicted octanol–water partition coefficient (Wildman–Crippen LogP) is 1.51. The first-order chi connectivity index (χ1) is 10.2. The molecule has 0 amide bonds. The lowest BCUT2D eigenvalue weighted by molar-refractivity contribution is 0.106. The number of aromatic nitrogens is 2. The van der Waals surface area contributed by atoms with E-state index < -0.39 is 6.10 Å². The summed E-state index contributed by atoms with van der Waals surface area (Å²) in [5, 5.41) is 13.1. The molecule has 1 heterocycles. The van der Waals surface area contributed by atoms with Crippen LogP contribution in [0.4, 0.5) is 0 Å². The maximum Gasteiger partial charge on any atom is 0.122 e. The fourth-order valence-corrected chi connectivity index (χ4v) is 2.02. The Morgan fingerprint density at radius 1 is 1.43 bits per heavy atom. The van der Waals surface area contributed by atoms with E-state index in [4.69, 9.17) is 4.74 Å². The van der Waals surface area contributed by atoms with Crippen LogP contribution in [0.5, 0.6) is 5.75 Å². The van der Waals surface area contributed by atoms with Gasteiger partial charge in [0.2, 0.25) is 0 Å². The van der Waals surface area contributed by atoms with Crippen LogP contribution in [0, 0.1) is 0 Å². The lowest BCUT2D eigenvalue weighted by atomic mass is 10.2. The Bertz CT molecular complexity index is 554. The molecule has 0 aliphatic carbocycles. The minimum Gasteiger partial charge on any atom is -0.491 e. The van der Waals surface area contributed by atoms with E-state index in [-0.39, 0.29) is 6.61 Å². The highest BCUT2D eigenvalue weighted by atomic mass is 16.5. The molecule has 1 aromatic heterocycles. The van der Waals surface area contributed by atoms with Crippen molar-refractivity contribution in [1.82, 2.24) is 14.9 Å². The second-order valence-corrected chi connectivity index (χ2v) is 5.05. The van der Waals surface area contributed by atoms with Crippen LogP contribution in [0.2, 0.25) is 0 Å². The van der Waals surface area contributed by atoms with Crippen LogP contribution < -0.4 is 10.1 Å². The largest absolute Gasteiger partial charge is 0.491 e. The quantitative estimate of drug-likeness (QED) is 0.773. The van der Waals surface area contributed by atoms with Crippen molar-refractivity contribution >= 4 is 0 Å². The molecule has 2 aromatic rings. The summed E-state index contributed by atoms with van der Waals surface area (Å²) in [5.41, 5.74) is 1.23. The predicted molar refractivity (Wildman–Crippen MR) is 82.2 cm³/mol. The molecule has 0 aliphatic heterocycles. The fourth-order valence-electron chi connectivity index (χ4n) is 2.02. The molecule has 0 bridgehead atoms. The maximum absolute atomic E-state index is 9.92. The van der Waals surface area contributed by atoms with E-state index in [1.165, 1.54) is 5.56 Å². The van der Waals surface area contributed by atoms with E-state index in [1.54, 1.807) is 6.20 Å². The van der Waals surface area contributed by atoms with Crippen LogP contribution in [0.15, 0.2) is 36.7 Å². The van der Waals surface area contributed by atoms with Crippen LogP contribution in [-0.4, -0.2) is 33.9 Å². The monoisotopic (exact) mass is 289 g/mol. The van der Waals surface area contributed by atoms with Gasteiger partial charge >= 0.3 is 0 Å². The topological polar surface area (TPSA) is 59.3 Å². The van der Waals surface area contributed by atoms with Gasteiger partial charge in [-0.3, -0.25) is 0 Å². The first-order valence-corrected chi connectivity index (χ1v) is 7.25. The number of hydrogen-bond donors (Lipinski definition) is 2. The van der Waals surface area contributed by atoms with Gasteiger partial charge in [0.15, 0.2) is 0 Å². The third-order valence-electron chi connectivity index (χ3n) is 3.33. The summed E-state index contributed by atoms with van der Waals surface area (Å²) in [6, 6.07) is 7.96. The first-order valence-electron chi connectivity index (χ1n) is 7.25. The Balaban J connectivity index is 1.69. The highest BCUT2D eigenvalue weighted by molar-refractivity contribution is 5.28. The number of hydrogen-bond acceptors (Lipinski definition) is 4. The summed E-state index contributed by atoms with van der Waals surface area (Å²) < 4.78 is 7.56. The Labute approximate surface area is 125 Å². The molecular formula is C16H23N3O2. The SMILES string of the molecule is CCc1cccc(OCC(O)CNCc2nccn2C)c1. The molecule has 0 spiro atoms. The highest BCUT2D eigenvalue weighted by Gasteiger charge is 2.06. The number of nitrogens with zero attached hydrogens (tertiary/aromatic N) is 2. The van der Waals surface area contributed by atoms with Gasteiger partial charge < -0.3 is 19.7 Å². The van der Waals surface area contributed by atoms with Crippen LogP contribution in [0.1, 0.15) is 18.3 Å². The molecule has 1 aromatic carbocycles. The van der Waals surface area contributed by atoms with Crippen molar-refractivity contribution in [2.75, 3.05) is 13.2 Å². The van der Waals surface area contributed by atoms with Gasteiger partial charge in [0, 0.05) is 26.0 Å². The number of aliphatic hydroxyl groups excluding tert-OH is 1. The Morgan fingerprint density at radius 3 is 3.00 bits per heavy atom. The molecule has 5 heteroatoms. The van der Waals surface area contributed by atoms with Gasteiger partial charge in [-0.15, -0.1) is 0 Å². The molecule has 0 aliphatic rings. The van der Waals surface area contributed by atoms with Crippen molar-refractivity contribution in [2.24, 2.45) is 7.05 Å². The zero-order valence-corrected chi connectivity index (χ0v) is 12.6. The standard InChI is InChI=1S/C16H23N3O2/c1-3-13-5-4-6-15(9-13)21-12-14(20)10-17-11-16-18-7-8-19(16)2/h4-9,14,17,20H,3,10-12H2,1-2H3. The molecule has 0 fully saturated rings. The molecule has 2 rings (SSSR count). The molecule has 0 radical (unpaired) electrons. The third-order valence-corrected chi connectivity index (χ3v) is 3.33. The Morgan fingerprint density at radius 2 is 2.29 bits per heavy atom. The van der Waals surface area contributed by atoms with Crippen molar-refractivity contribution in [3.63, 3.8) is 0 Å². The molecule has 2 N–H and O–H groups in total. The lowest BCUT2D eigenvalue weighted by Crippen LogP contribution is -2.31. The average molecular weight is 289 g/mol. The van der Waals surface area contributed by atoms with Crippen molar-refractivity contribution in [2.45, 2.75) is 26.0 Å². The van der Waals surface area contributed by atoms with Gasteiger partial charge in [0.1, 0.15) is 24.3 Å². The molecule has 5 nitrogen and oxygen atoms in total. The molecule has 21 heavy (non-hydrogen) atoms. The average Bonchev–Trinajstić information content (AvgIpc) is 2.91. The first kappa shape index (κ1) is 15.5. The minimum absolute atomic E-state index is 0.279. The van der Waals surface area contributed by atoms with Crippen LogP contribution in [0.25, 0.3) is 0 Å². The lowest BCUT2D eigenvalue weighted by Gasteiger charge is -2.13. The summed E-state index contributed by atoms with van der Waals surface area (Å²) in [7, 11) is 1.95. The van der Waals surface area contributed by atoms with Gasteiger partial charge in [0.25, 0.3) is 0 Å². The zero-order valence-electron chi connectivity index (χ0n) is 12.6. The number of benzene rings is 1. The van der Waals surface area contributed by atoms with Gasteiger partial charge in [0.05, 0.1) is 6.54 Å². The molecule has 114 valence electrons. The van der Waals surface area contributed by atoms with E-state index in [1.807, 2.05) is 36.0 Å². The summed E-state index contributed by atoms with van der Waals surface area (Å²) in [4.78, 5) is 4.21. The minimum atomic E-state index is -0.546. The third kappa shape index (κ3) is 4.88. The van der Waals surface area contributed by atoms with E-state index in [2.05, 4.69) is 23.3 Å². The van der Waals surface area contributed by atoms with E-state index in [0.29, 0.717) is 13.1 Å². The smallest absolute Gasteiger partial charge is 0.122 e. The van der Waals surface area contributed by atoms with Crippen LogP contribution >= 0.6 is 0 Å². The normalized spacial score (nSPS) is 12.3. The summed E-state index contributed by atoms with van der Waals surface area (Å²) >= 11 is 0. The highest BCUT2D eigenvalue weighted by Crippen LogP contribution is 2.13. The Kier molecular flexibility index (Phi) is 5.78. The summed E-state index contributed by atoms with van der Waals surface area (Å²) in [6.07, 6.45) is 4.09. The molecule has 1 atom stereocenters. The number of imidazole rings is 1. The van der Waals surface area contributed by atoms with Crippen molar-refractivity contribution in [1.29, 1.82) is 0 Å². The van der Waals surface area contributed by atoms with Crippen molar-refractivity contribution in [3.05, 3.63) is 48.0 Å². The number of nitrogens with one attached hydrogen (secondary N) is 1. The second-order valence-electron chi connectivity index (χ2n) is 5.05. The number of aliphatic hydroxyl groups is 1. The maximum atomic E-state index is 9.92. The number of ether oxygens (including phenoxy) is 1. The number of rotatable bonds is 8. The number of aryl methyl sites for hydroxylation is 2. The van der Waals surface area contributed by atoms with Gasteiger partial charge in [-0.1, -0.05) is 19.1 Å². The van der Waals surface area contributed by atoms with Crippen LogP contribution in [0.3, 0.4) is 0 Å². The molecule has 0 saturated heterocycles. The van der Waals surface area contributed by atoms with Gasteiger partial charge in [-0.05, 0) is 24.1 Å². The Hall–Kier alpha value is -1.85. The fraction of sp³-hybridized carbons (Fsp3) is 0.438. The summed E-state index contributed by atoms with van der Waals surface area (Å²) in [5.74, 6) is 1.75. The van der Waals surface area contributed by atoms with E-state index >= 15 is 0 Å². The molecular weight excluding hydrogens is 266 g/mol. The summed E-state index contributed by atoms with van der Waals surface area (Å²) in [6.45, 7) is 3.49. The van der Waals surface area contributed by atoms with Gasteiger partial charge in [-0.2, -0.15) is 0 Å². The second kappa shape index (κ2) is 7.81. The van der Waals surface area contributed by atoms with Crippen molar-refractivity contribution in [3.8, 4) is 5.75 Å². The van der Waals surface area contributed by atoms with Crippen molar-refractivity contribution < 1.29 is 9.84 Å².